The molecular weight excluding hydrogens is 196 g/mol. The van der Waals surface area contributed by atoms with E-state index in [1.165, 1.54) is 7.11 Å². The van der Waals surface area contributed by atoms with Gasteiger partial charge in [0, 0.05) is 0 Å². The molecule has 0 bridgehead atoms. The third-order valence-electron chi connectivity index (χ3n) is 2.54. The van der Waals surface area contributed by atoms with Crippen LogP contribution >= 0.6 is 0 Å². The molecule has 1 unspecified atom stereocenters. The zero-order chi connectivity index (χ0) is 10.8. The highest BCUT2D eigenvalue weighted by atomic mass is 16.5. The Morgan fingerprint density at radius 3 is 3.13 bits per heavy atom. The van der Waals surface area contributed by atoms with Crippen molar-refractivity contribution >= 4 is 5.97 Å². The van der Waals surface area contributed by atoms with E-state index in [1.54, 1.807) is 18.2 Å². The smallest absolute Gasteiger partial charge is 0.313 e. The summed E-state index contributed by atoms with van der Waals surface area (Å²) in [5.74, 6) is -0.0970. The van der Waals surface area contributed by atoms with Crippen molar-refractivity contribution in [3.8, 4) is 11.5 Å². The number of aromatic hydroxyl groups is 1. The zero-order valence-corrected chi connectivity index (χ0v) is 8.40. The largest absolute Gasteiger partial charge is 0.508 e. The summed E-state index contributed by atoms with van der Waals surface area (Å²) in [5.41, 5.74) is 0.538. The number of hydrogen-bond donors (Lipinski definition) is 1. The monoisotopic (exact) mass is 208 g/mol. The lowest BCUT2D eigenvalue weighted by molar-refractivity contribution is -0.143. The maximum absolute atomic E-state index is 11.5. The van der Waals surface area contributed by atoms with Crippen LogP contribution in [0, 0.1) is 0 Å². The average Bonchev–Trinajstić information content (AvgIpc) is 2.28. The number of benzene rings is 1. The number of carbonyl (C=O) groups excluding carboxylic acids is 1. The van der Waals surface area contributed by atoms with E-state index in [1.807, 2.05) is 0 Å². The molecule has 1 aliphatic rings. The van der Waals surface area contributed by atoms with Crippen molar-refractivity contribution < 1.29 is 19.4 Å². The van der Waals surface area contributed by atoms with Crippen molar-refractivity contribution in [3.05, 3.63) is 23.8 Å². The maximum Gasteiger partial charge on any atom is 0.313 e. The van der Waals surface area contributed by atoms with Crippen LogP contribution in [0.2, 0.25) is 0 Å². The fourth-order valence-electron chi connectivity index (χ4n) is 1.82. The van der Waals surface area contributed by atoms with Gasteiger partial charge in [-0.25, -0.2) is 0 Å². The minimum absolute atomic E-state index is 0.0857. The standard InChI is InChI=1S/C11H12O4/c1-14-11(13)7-5-6-15-9-4-2-3-8(12)10(7)9/h2-4,7,12H,5-6H2,1H3. The molecule has 1 heterocycles. The number of hydrogen-bond acceptors (Lipinski definition) is 4. The van der Waals surface area contributed by atoms with Crippen LogP contribution in [0.1, 0.15) is 17.9 Å². The van der Waals surface area contributed by atoms with E-state index in [9.17, 15) is 9.90 Å². The Labute approximate surface area is 87.4 Å². The molecular formula is C11H12O4. The number of carbonyl (C=O) groups is 1. The summed E-state index contributed by atoms with van der Waals surface area (Å²) in [6, 6.07) is 4.97. The minimum Gasteiger partial charge on any atom is -0.508 e. The first-order chi connectivity index (χ1) is 7.24. The highest BCUT2D eigenvalue weighted by Crippen LogP contribution is 2.39. The predicted octanol–water partition coefficient (Wildman–Crippen LogP) is 1.43. The van der Waals surface area contributed by atoms with Crippen molar-refractivity contribution in [2.24, 2.45) is 0 Å². The first kappa shape index (κ1) is 9.83. The van der Waals surface area contributed by atoms with Crippen molar-refractivity contribution in [1.82, 2.24) is 0 Å². The lowest BCUT2D eigenvalue weighted by Gasteiger charge is -2.24. The first-order valence-corrected chi connectivity index (χ1v) is 4.76. The van der Waals surface area contributed by atoms with Crippen LogP contribution in [0.15, 0.2) is 18.2 Å². The van der Waals surface area contributed by atoms with E-state index in [2.05, 4.69) is 0 Å². The molecule has 0 saturated carbocycles. The Balaban J connectivity index is 2.45. The Hall–Kier alpha value is -1.71. The topological polar surface area (TPSA) is 55.8 Å². The summed E-state index contributed by atoms with van der Waals surface area (Å²) < 4.78 is 10.1. The van der Waals surface area contributed by atoms with Crippen LogP contribution in [0.3, 0.4) is 0 Å². The molecule has 15 heavy (non-hydrogen) atoms. The van der Waals surface area contributed by atoms with E-state index in [0.29, 0.717) is 24.3 Å². The molecule has 80 valence electrons. The number of esters is 1. The second-order valence-corrected chi connectivity index (χ2v) is 3.40. The Bertz CT molecular complexity index is 386. The summed E-state index contributed by atoms with van der Waals surface area (Å²) in [7, 11) is 1.34. The minimum atomic E-state index is -0.417. The average molecular weight is 208 g/mol. The molecule has 1 aromatic rings. The van der Waals surface area contributed by atoms with Gasteiger partial charge in [-0.2, -0.15) is 0 Å². The summed E-state index contributed by atoms with van der Waals surface area (Å²) >= 11 is 0. The number of methoxy groups -OCH3 is 1. The highest BCUT2D eigenvalue weighted by molar-refractivity contribution is 5.80. The second-order valence-electron chi connectivity index (χ2n) is 3.40. The van der Waals surface area contributed by atoms with Gasteiger partial charge in [0.1, 0.15) is 11.5 Å². The van der Waals surface area contributed by atoms with Crippen molar-refractivity contribution in [2.45, 2.75) is 12.3 Å². The van der Waals surface area contributed by atoms with Gasteiger partial charge in [0.05, 0.1) is 25.2 Å². The van der Waals surface area contributed by atoms with E-state index in [-0.39, 0.29) is 11.7 Å². The molecule has 0 spiro atoms. The van der Waals surface area contributed by atoms with Gasteiger partial charge in [-0.15, -0.1) is 0 Å². The second kappa shape index (κ2) is 3.81. The van der Waals surface area contributed by atoms with Crippen molar-refractivity contribution in [3.63, 3.8) is 0 Å². The highest BCUT2D eigenvalue weighted by Gasteiger charge is 2.30. The molecule has 4 heteroatoms. The summed E-state index contributed by atoms with van der Waals surface area (Å²) in [4.78, 5) is 11.5. The molecule has 2 rings (SSSR count). The number of fused-ring (bicyclic) bond motifs is 1. The predicted molar refractivity (Wildman–Crippen MR) is 53.0 cm³/mol. The number of phenolic OH excluding ortho intramolecular Hbond substituents is 1. The fourth-order valence-corrected chi connectivity index (χ4v) is 1.82. The number of ether oxygens (including phenoxy) is 2. The van der Waals surface area contributed by atoms with Crippen LogP contribution in [-0.2, 0) is 9.53 Å². The molecule has 1 N–H and O–H groups in total. The Morgan fingerprint density at radius 2 is 2.40 bits per heavy atom. The molecule has 0 saturated heterocycles. The van der Waals surface area contributed by atoms with E-state index >= 15 is 0 Å². The SMILES string of the molecule is COC(=O)C1CCOc2cccc(O)c21. The third-order valence-corrected chi connectivity index (χ3v) is 2.54. The maximum atomic E-state index is 11.5. The zero-order valence-electron chi connectivity index (χ0n) is 8.40. The van der Waals surface area contributed by atoms with Gasteiger partial charge in [0.15, 0.2) is 0 Å². The van der Waals surface area contributed by atoms with Crippen LogP contribution in [0.5, 0.6) is 11.5 Å². The van der Waals surface area contributed by atoms with E-state index in [4.69, 9.17) is 9.47 Å². The molecule has 0 amide bonds. The molecule has 0 fully saturated rings. The third kappa shape index (κ3) is 1.63. The van der Waals surface area contributed by atoms with Gasteiger partial charge in [-0.1, -0.05) is 6.07 Å². The van der Waals surface area contributed by atoms with Gasteiger partial charge in [0.25, 0.3) is 0 Å². The van der Waals surface area contributed by atoms with Crippen molar-refractivity contribution in [2.75, 3.05) is 13.7 Å². The fraction of sp³-hybridized carbons (Fsp3) is 0.364. The van der Waals surface area contributed by atoms with Crippen LogP contribution in [0.4, 0.5) is 0 Å². The summed E-state index contributed by atoms with van der Waals surface area (Å²) in [6.07, 6.45) is 0.539. The van der Waals surface area contributed by atoms with E-state index in [0.717, 1.165) is 0 Å². The Morgan fingerprint density at radius 1 is 1.60 bits per heavy atom. The number of rotatable bonds is 1. The van der Waals surface area contributed by atoms with Crippen molar-refractivity contribution in [1.29, 1.82) is 0 Å². The molecule has 0 radical (unpaired) electrons. The lowest BCUT2D eigenvalue weighted by atomic mass is 9.92. The van der Waals surface area contributed by atoms with Crippen LogP contribution in [0.25, 0.3) is 0 Å². The van der Waals surface area contributed by atoms with Crippen LogP contribution < -0.4 is 4.74 Å². The quantitative estimate of drug-likeness (QED) is 0.709. The Kier molecular flexibility index (Phi) is 2.49. The van der Waals surface area contributed by atoms with Crippen LogP contribution in [-0.4, -0.2) is 24.8 Å². The van der Waals surface area contributed by atoms with Gasteiger partial charge in [-0.05, 0) is 18.6 Å². The molecule has 1 aromatic carbocycles. The van der Waals surface area contributed by atoms with E-state index < -0.39 is 5.92 Å². The van der Waals surface area contributed by atoms with Gasteiger partial charge < -0.3 is 14.6 Å². The molecule has 0 aromatic heterocycles. The normalized spacial score (nSPS) is 18.9. The van der Waals surface area contributed by atoms with Gasteiger partial charge >= 0.3 is 5.97 Å². The molecule has 1 aliphatic heterocycles. The number of phenols is 1. The first-order valence-electron chi connectivity index (χ1n) is 4.76. The summed E-state index contributed by atoms with van der Waals surface area (Å²) in [5, 5.41) is 9.68. The molecule has 4 nitrogen and oxygen atoms in total. The molecule has 0 aliphatic carbocycles. The van der Waals surface area contributed by atoms with Gasteiger partial charge in [-0.3, -0.25) is 4.79 Å². The van der Waals surface area contributed by atoms with Gasteiger partial charge in [0.2, 0.25) is 0 Å². The molecule has 1 atom stereocenters. The lowest BCUT2D eigenvalue weighted by Crippen LogP contribution is -2.22. The summed E-state index contributed by atoms with van der Waals surface area (Å²) in [6.45, 7) is 0.468.